The lowest BCUT2D eigenvalue weighted by Crippen LogP contribution is -2.54. The Morgan fingerprint density at radius 1 is 1.37 bits per heavy atom. The lowest BCUT2D eigenvalue weighted by Gasteiger charge is -2.39. The van der Waals surface area contributed by atoms with Crippen molar-refractivity contribution in [3.05, 3.63) is 0 Å². The second kappa shape index (κ2) is 6.98. The average Bonchev–Trinajstić information content (AvgIpc) is 2.89. The smallest absolute Gasteiger partial charge is 0.239 e. The molecule has 0 aromatic carbocycles. The molecule has 1 N–H and O–H groups in total. The number of nitrogens with one attached hydrogen (secondary N) is 1. The van der Waals surface area contributed by atoms with E-state index in [9.17, 15) is 4.79 Å². The number of carbonyl (C=O) groups is 1. The van der Waals surface area contributed by atoms with E-state index in [1.807, 2.05) is 11.8 Å². The van der Waals surface area contributed by atoms with E-state index in [-0.39, 0.29) is 6.04 Å². The van der Waals surface area contributed by atoms with Crippen molar-refractivity contribution in [1.82, 2.24) is 10.2 Å². The van der Waals surface area contributed by atoms with Crippen LogP contribution in [0.1, 0.15) is 51.9 Å². The predicted molar refractivity (Wildman–Crippen MR) is 82.6 cm³/mol. The van der Waals surface area contributed by atoms with Gasteiger partial charge in [-0.2, -0.15) is 11.8 Å². The number of likely N-dealkylation sites (tertiary alicyclic amines) is 1. The number of hydrogen-bond donors (Lipinski definition) is 1. The van der Waals surface area contributed by atoms with E-state index >= 15 is 0 Å². The first kappa shape index (κ1) is 15.2. The SMILES string of the molecule is CCCNC1CCCN(CC2(SC)CCCC2)C1=O. The third-order valence-corrected chi connectivity index (χ3v) is 6.00. The number of piperidine rings is 1. The molecular formula is C15H28N2OS. The van der Waals surface area contributed by atoms with Crippen molar-refractivity contribution in [3.63, 3.8) is 0 Å². The summed E-state index contributed by atoms with van der Waals surface area (Å²) in [5.74, 6) is 0.347. The van der Waals surface area contributed by atoms with Gasteiger partial charge in [0.1, 0.15) is 0 Å². The van der Waals surface area contributed by atoms with Crippen LogP contribution in [0.4, 0.5) is 0 Å². The van der Waals surface area contributed by atoms with E-state index in [4.69, 9.17) is 0 Å². The number of rotatable bonds is 6. The molecule has 1 aliphatic carbocycles. The van der Waals surface area contributed by atoms with Gasteiger partial charge < -0.3 is 10.2 Å². The molecule has 0 radical (unpaired) electrons. The van der Waals surface area contributed by atoms with Gasteiger partial charge in [0, 0.05) is 17.8 Å². The van der Waals surface area contributed by atoms with Crippen molar-refractivity contribution >= 4 is 17.7 Å². The maximum Gasteiger partial charge on any atom is 0.239 e. The minimum Gasteiger partial charge on any atom is -0.340 e. The standard InChI is InChI=1S/C15H28N2OS/c1-3-10-16-13-7-6-11-17(14(13)18)12-15(19-2)8-4-5-9-15/h13,16H,3-12H2,1-2H3. The maximum atomic E-state index is 12.5. The van der Waals surface area contributed by atoms with Crippen LogP contribution in [-0.2, 0) is 4.79 Å². The Kier molecular flexibility index (Phi) is 5.58. The van der Waals surface area contributed by atoms with Crippen LogP contribution in [0, 0.1) is 0 Å². The molecule has 0 aromatic rings. The molecule has 1 saturated heterocycles. The first-order chi connectivity index (χ1) is 9.21. The highest BCUT2D eigenvalue weighted by molar-refractivity contribution is 8.00. The zero-order chi connectivity index (χ0) is 13.7. The third kappa shape index (κ3) is 3.66. The van der Waals surface area contributed by atoms with E-state index in [1.54, 1.807) is 0 Å². The Hall–Kier alpha value is -0.220. The molecule has 1 atom stereocenters. The number of hydrogen-bond acceptors (Lipinski definition) is 3. The van der Waals surface area contributed by atoms with E-state index in [1.165, 1.54) is 25.7 Å². The fourth-order valence-electron chi connectivity index (χ4n) is 3.40. The lowest BCUT2D eigenvalue weighted by molar-refractivity contribution is -0.136. The summed E-state index contributed by atoms with van der Waals surface area (Å²) in [7, 11) is 0. The molecule has 0 aromatic heterocycles. The zero-order valence-electron chi connectivity index (χ0n) is 12.4. The second-order valence-electron chi connectivity index (χ2n) is 6.00. The molecular weight excluding hydrogens is 256 g/mol. The highest BCUT2D eigenvalue weighted by Crippen LogP contribution is 2.41. The van der Waals surface area contributed by atoms with Gasteiger partial charge >= 0.3 is 0 Å². The van der Waals surface area contributed by atoms with Gasteiger partial charge in [-0.15, -0.1) is 0 Å². The van der Waals surface area contributed by atoms with Crippen molar-refractivity contribution in [1.29, 1.82) is 0 Å². The Labute approximate surface area is 121 Å². The zero-order valence-corrected chi connectivity index (χ0v) is 13.2. The Morgan fingerprint density at radius 3 is 2.74 bits per heavy atom. The maximum absolute atomic E-state index is 12.5. The molecule has 1 amide bonds. The molecule has 2 aliphatic rings. The summed E-state index contributed by atoms with van der Waals surface area (Å²) in [6, 6.07) is 0.0778. The summed E-state index contributed by atoms with van der Waals surface area (Å²) in [5.41, 5.74) is 0. The molecule has 19 heavy (non-hydrogen) atoms. The third-order valence-electron chi connectivity index (χ3n) is 4.60. The quantitative estimate of drug-likeness (QED) is 0.814. The molecule has 1 saturated carbocycles. The minimum atomic E-state index is 0.0778. The lowest BCUT2D eigenvalue weighted by atomic mass is 10.0. The van der Waals surface area contributed by atoms with Gasteiger partial charge in [-0.1, -0.05) is 19.8 Å². The number of carbonyl (C=O) groups excluding carboxylic acids is 1. The van der Waals surface area contributed by atoms with E-state index in [0.29, 0.717) is 10.7 Å². The predicted octanol–water partition coefficient (Wildman–Crippen LogP) is 2.65. The highest BCUT2D eigenvalue weighted by Gasteiger charge is 2.38. The van der Waals surface area contributed by atoms with Crippen LogP contribution < -0.4 is 5.32 Å². The van der Waals surface area contributed by atoms with E-state index in [0.717, 1.165) is 38.9 Å². The minimum absolute atomic E-state index is 0.0778. The van der Waals surface area contributed by atoms with Crippen molar-refractivity contribution in [2.45, 2.75) is 62.7 Å². The highest BCUT2D eigenvalue weighted by atomic mass is 32.2. The van der Waals surface area contributed by atoms with Crippen molar-refractivity contribution in [2.75, 3.05) is 25.9 Å². The number of thioether (sulfide) groups is 1. The Bertz CT molecular complexity index is 303. The molecule has 4 heteroatoms. The van der Waals surface area contributed by atoms with Crippen LogP contribution in [-0.4, -0.2) is 47.5 Å². The second-order valence-corrected chi connectivity index (χ2v) is 7.28. The van der Waals surface area contributed by atoms with Crippen molar-refractivity contribution in [2.24, 2.45) is 0 Å². The van der Waals surface area contributed by atoms with Crippen LogP contribution in [0.15, 0.2) is 0 Å². The fourth-order valence-corrected chi connectivity index (χ4v) is 4.38. The van der Waals surface area contributed by atoms with Gasteiger partial charge in [0.05, 0.1) is 6.04 Å². The van der Waals surface area contributed by atoms with Gasteiger partial charge in [0.2, 0.25) is 5.91 Å². The molecule has 1 unspecified atom stereocenters. The summed E-state index contributed by atoms with van der Waals surface area (Å²) in [4.78, 5) is 14.7. The van der Waals surface area contributed by atoms with Crippen molar-refractivity contribution < 1.29 is 4.79 Å². The monoisotopic (exact) mass is 284 g/mol. The molecule has 1 aliphatic heterocycles. The molecule has 2 fully saturated rings. The Morgan fingerprint density at radius 2 is 2.11 bits per heavy atom. The topological polar surface area (TPSA) is 32.3 Å². The van der Waals surface area contributed by atoms with Crippen molar-refractivity contribution in [3.8, 4) is 0 Å². The summed E-state index contributed by atoms with van der Waals surface area (Å²) in [5, 5.41) is 3.41. The number of nitrogens with zero attached hydrogens (tertiary/aromatic N) is 1. The summed E-state index contributed by atoms with van der Waals surface area (Å²) in [6.45, 7) is 5.04. The normalized spacial score (nSPS) is 26.9. The van der Waals surface area contributed by atoms with Crippen LogP contribution in [0.3, 0.4) is 0 Å². The first-order valence-corrected chi connectivity index (χ1v) is 9.00. The largest absolute Gasteiger partial charge is 0.340 e. The summed E-state index contributed by atoms with van der Waals surface area (Å²) in [6.07, 6.45) is 10.7. The molecule has 2 rings (SSSR count). The van der Waals surface area contributed by atoms with Gasteiger partial charge in [-0.25, -0.2) is 0 Å². The number of amides is 1. The Balaban J connectivity index is 1.93. The van der Waals surface area contributed by atoms with Crippen LogP contribution in [0.5, 0.6) is 0 Å². The van der Waals surface area contributed by atoms with Crippen LogP contribution in [0.2, 0.25) is 0 Å². The molecule has 3 nitrogen and oxygen atoms in total. The van der Waals surface area contributed by atoms with Crippen LogP contribution in [0.25, 0.3) is 0 Å². The molecule has 0 bridgehead atoms. The van der Waals surface area contributed by atoms with E-state index < -0.39 is 0 Å². The first-order valence-electron chi connectivity index (χ1n) is 7.78. The summed E-state index contributed by atoms with van der Waals surface area (Å²) >= 11 is 1.98. The van der Waals surface area contributed by atoms with Gasteiger partial charge in [-0.3, -0.25) is 4.79 Å². The molecule has 110 valence electrons. The van der Waals surface area contributed by atoms with Crippen LogP contribution >= 0.6 is 11.8 Å². The summed E-state index contributed by atoms with van der Waals surface area (Å²) < 4.78 is 0.350. The van der Waals surface area contributed by atoms with E-state index in [2.05, 4.69) is 23.4 Å². The van der Waals surface area contributed by atoms with Gasteiger partial charge in [0.15, 0.2) is 0 Å². The fraction of sp³-hybridized carbons (Fsp3) is 0.933. The average molecular weight is 284 g/mol. The van der Waals surface area contributed by atoms with Gasteiger partial charge in [0.25, 0.3) is 0 Å². The molecule has 1 heterocycles. The molecule has 0 spiro atoms. The van der Waals surface area contributed by atoms with Gasteiger partial charge in [-0.05, 0) is 44.9 Å².